The molecule has 4 nitrogen and oxygen atoms in total. The average molecular weight is 396 g/mol. The van der Waals surface area contributed by atoms with Crippen LogP contribution in [0.4, 0.5) is 5.69 Å². The molecule has 4 atom stereocenters. The molecule has 0 aliphatic heterocycles. The van der Waals surface area contributed by atoms with Crippen molar-refractivity contribution in [2.45, 2.75) is 50.3 Å². The summed E-state index contributed by atoms with van der Waals surface area (Å²) in [6, 6.07) is 5.30. The molecule has 0 aromatic heterocycles. The minimum Gasteiger partial charge on any atom is -0.455 e. The molecule has 1 amide bonds. The van der Waals surface area contributed by atoms with Crippen LogP contribution in [-0.2, 0) is 14.3 Å². The Morgan fingerprint density at radius 3 is 2.54 bits per heavy atom. The lowest BCUT2D eigenvalue weighted by Gasteiger charge is -2.58. The number of rotatable bonds is 4. The highest BCUT2D eigenvalue weighted by Gasteiger charge is 2.60. The molecule has 1 aromatic rings. The van der Waals surface area contributed by atoms with Gasteiger partial charge in [-0.05, 0) is 75.0 Å². The Bertz CT molecular complexity index is 749. The van der Waals surface area contributed by atoms with Crippen LogP contribution in [0.5, 0.6) is 0 Å². The number of esters is 1. The van der Waals surface area contributed by atoms with E-state index in [9.17, 15) is 9.59 Å². The molecule has 0 radical (unpaired) electrons. The van der Waals surface area contributed by atoms with Gasteiger partial charge in [-0.1, -0.05) is 17.7 Å². The SMILES string of the molecule is Cc1ccc(NC(=O)COC(=O)C23C[C@@H]4C[C@@H](CC(Cl)(C4)C2)C3)cc1Cl. The molecule has 2 unspecified atom stereocenters. The molecule has 0 spiro atoms. The fourth-order valence-electron chi connectivity index (χ4n) is 5.54. The van der Waals surface area contributed by atoms with Crippen molar-refractivity contribution in [2.75, 3.05) is 11.9 Å². The smallest absolute Gasteiger partial charge is 0.312 e. The molecule has 4 saturated carbocycles. The molecule has 4 aliphatic rings. The van der Waals surface area contributed by atoms with E-state index in [1.807, 2.05) is 13.0 Å². The van der Waals surface area contributed by atoms with Gasteiger partial charge in [0.25, 0.3) is 5.91 Å². The number of halogens is 2. The zero-order valence-corrected chi connectivity index (χ0v) is 16.3. The first-order valence-corrected chi connectivity index (χ1v) is 9.95. The zero-order chi connectivity index (χ0) is 18.5. The van der Waals surface area contributed by atoms with Crippen molar-refractivity contribution in [1.82, 2.24) is 0 Å². The summed E-state index contributed by atoms with van der Waals surface area (Å²) < 4.78 is 5.42. The van der Waals surface area contributed by atoms with Gasteiger partial charge in [0, 0.05) is 15.6 Å². The fourth-order valence-corrected chi connectivity index (χ4v) is 6.41. The largest absolute Gasteiger partial charge is 0.455 e. The number of nitrogens with one attached hydrogen (secondary N) is 1. The van der Waals surface area contributed by atoms with Gasteiger partial charge in [-0.25, -0.2) is 0 Å². The number of benzene rings is 1. The predicted octanol–water partition coefficient (Wildman–Crippen LogP) is 4.71. The summed E-state index contributed by atoms with van der Waals surface area (Å²) in [5.41, 5.74) is 1.04. The monoisotopic (exact) mass is 395 g/mol. The molecule has 1 N–H and O–H groups in total. The van der Waals surface area contributed by atoms with Crippen molar-refractivity contribution < 1.29 is 14.3 Å². The minimum atomic E-state index is -0.487. The van der Waals surface area contributed by atoms with Gasteiger partial charge < -0.3 is 10.1 Å². The maximum Gasteiger partial charge on any atom is 0.312 e. The number of carbonyl (C=O) groups is 2. The van der Waals surface area contributed by atoms with Gasteiger partial charge >= 0.3 is 5.97 Å². The lowest BCUT2D eigenvalue weighted by Crippen LogP contribution is -2.56. The van der Waals surface area contributed by atoms with Crippen molar-refractivity contribution in [2.24, 2.45) is 17.3 Å². The molecule has 4 fully saturated rings. The first kappa shape index (κ1) is 18.1. The Hall–Kier alpha value is -1.26. The van der Waals surface area contributed by atoms with E-state index in [4.69, 9.17) is 27.9 Å². The predicted molar refractivity (Wildman–Crippen MR) is 101 cm³/mol. The Morgan fingerprint density at radius 2 is 1.92 bits per heavy atom. The van der Waals surface area contributed by atoms with Crippen LogP contribution in [-0.4, -0.2) is 23.4 Å². The summed E-state index contributed by atoms with van der Waals surface area (Å²) in [5.74, 6) is 0.423. The van der Waals surface area contributed by atoms with E-state index in [1.165, 1.54) is 6.42 Å². The van der Waals surface area contributed by atoms with E-state index in [2.05, 4.69) is 5.32 Å². The van der Waals surface area contributed by atoms with Gasteiger partial charge in [-0.2, -0.15) is 0 Å². The second-order valence-electron chi connectivity index (χ2n) is 8.48. The Labute approximate surface area is 163 Å². The van der Waals surface area contributed by atoms with Gasteiger partial charge in [0.2, 0.25) is 0 Å². The lowest BCUT2D eigenvalue weighted by atomic mass is 9.49. The third-order valence-electron chi connectivity index (χ3n) is 6.21. The number of hydrogen-bond donors (Lipinski definition) is 1. The Balaban J connectivity index is 1.36. The van der Waals surface area contributed by atoms with E-state index >= 15 is 0 Å². The fraction of sp³-hybridized carbons (Fsp3) is 0.600. The summed E-state index contributed by atoms with van der Waals surface area (Å²) in [7, 11) is 0. The number of amides is 1. The van der Waals surface area contributed by atoms with Crippen LogP contribution in [0, 0.1) is 24.2 Å². The van der Waals surface area contributed by atoms with Gasteiger partial charge in [-0.3, -0.25) is 9.59 Å². The van der Waals surface area contributed by atoms with E-state index in [1.54, 1.807) is 12.1 Å². The van der Waals surface area contributed by atoms with Crippen molar-refractivity contribution in [3.63, 3.8) is 0 Å². The van der Waals surface area contributed by atoms with Crippen molar-refractivity contribution in [3.8, 4) is 0 Å². The van der Waals surface area contributed by atoms with Gasteiger partial charge in [0.15, 0.2) is 6.61 Å². The number of alkyl halides is 1. The second-order valence-corrected chi connectivity index (χ2v) is 9.69. The van der Waals surface area contributed by atoms with Crippen molar-refractivity contribution in [1.29, 1.82) is 0 Å². The molecule has 4 aliphatic carbocycles. The van der Waals surface area contributed by atoms with Crippen LogP contribution in [0.1, 0.15) is 44.1 Å². The first-order valence-electron chi connectivity index (χ1n) is 9.19. The van der Waals surface area contributed by atoms with Crippen LogP contribution < -0.4 is 5.32 Å². The number of hydrogen-bond acceptors (Lipinski definition) is 3. The quantitative estimate of drug-likeness (QED) is 0.593. The minimum absolute atomic E-state index is 0.246. The summed E-state index contributed by atoms with van der Waals surface area (Å²) >= 11 is 12.8. The summed E-state index contributed by atoms with van der Waals surface area (Å²) in [6.45, 7) is 1.61. The highest BCUT2D eigenvalue weighted by Crippen LogP contribution is 2.64. The van der Waals surface area contributed by atoms with Gasteiger partial charge in [0.05, 0.1) is 5.41 Å². The molecule has 1 aromatic carbocycles. The third kappa shape index (κ3) is 3.34. The Morgan fingerprint density at radius 1 is 1.23 bits per heavy atom. The molecule has 0 heterocycles. The topological polar surface area (TPSA) is 55.4 Å². The second kappa shape index (κ2) is 6.42. The van der Waals surface area contributed by atoms with E-state index in [-0.39, 0.29) is 23.4 Å². The molecular formula is C20H23Cl2NO3. The average Bonchev–Trinajstić information content (AvgIpc) is 2.53. The molecular weight excluding hydrogens is 373 g/mol. The van der Waals surface area contributed by atoms with Crippen LogP contribution in [0.15, 0.2) is 18.2 Å². The Kier molecular flexibility index (Phi) is 4.47. The molecule has 0 saturated heterocycles. The standard InChI is InChI=1S/C20H23Cl2NO3/c1-12-2-3-15(5-16(12)21)23-17(24)10-26-18(25)19-6-13-4-14(7-19)9-20(22,8-13)11-19/h2-3,5,13-14H,4,6-11H2,1H3,(H,23,24)/t13-,14+,19?,20?. The van der Waals surface area contributed by atoms with Crippen LogP contribution in [0.2, 0.25) is 5.02 Å². The van der Waals surface area contributed by atoms with Crippen molar-refractivity contribution >= 4 is 40.8 Å². The van der Waals surface area contributed by atoms with Gasteiger partial charge in [0.1, 0.15) is 0 Å². The van der Waals surface area contributed by atoms with Crippen LogP contribution >= 0.6 is 23.2 Å². The summed E-state index contributed by atoms with van der Waals surface area (Å²) in [4.78, 5) is 24.7. The molecule has 140 valence electrons. The van der Waals surface area contributed by atoms with E-state index in [0.717, 1.165) is 31.2 Å². The maximum atomic E-state index is 12.8. The number of anilines is 1. The number of carbonyl (C=O) groups excluding carboxylic acids is 2. The maximum absolute atomic E-state index is 12.8. The van der Waals surface area contributed by atoms with E-state index < -0.39 is 5.41 Å². The summed E-state index contributed by atoms with van der Waals surface area (Å²) in [6.07, 6.45) is 5.59. The number of aryl methyl sites for hydroxylation is 1. The van der Waals surface area contributed by atoms with Crippen molar-refractivity contribution in [3.05, 3.63) is 28.8 Å². The van der Waals surface area contributed by atoms with Gasteiger partial charge in [-0.15, -0.1) is 11.6 Å². The first-order chi connectivity index (χ1) is 12.3. The lowest BCUT2D eigenvalue weighted by molar-refractivity contribution is -0.171. The third-order valence-corrected chi connectivity index (χ3v) is 7.06. The van der Waals surface area contributed by atoms with Crippen LogP contribution in [0.3, 0.4) is 0 Å². The molecule has 26 heavy (non-hydrogen) atoms. The van der Waals surface area contributed by atoms with E-state index in [0.29, 0.717) is 29.0 Å². The summed E-state index contributed by atoms with van der Waals surface area (Å²) in [5, 5.41) is 3.30. The highest BCUT2D eigenvalue weighted by atomic mass is 35.5. The molecule has 6 heteroatoms. The van der Waals surface area contributed by atoms with Crippen LogP contribution in [0.25, 0.3) is 0 Å². The normalized spacial score (nSPS) is 34.6. The molecule has 5 rings (SSSR count). The number of ether oxygens (including phenoxy) is 1. The molecule has 4 bridgehead atoms. The highest BCUT2D eigenvalue weighted by molar-refractivity contribution is 6.31. The zero-order valence-electron chi connectivity index (χ0n) is 14.8.